The highest BCUT2D eigenvalue weighted by Gasteiger charge is 2.38. The van der Waals surface area contributed by atoms with Gasteiger partial charge in [0, 0.05) is 12.1 Å². The van der Waals surface area contributed by atoms with E-state index in [1.807, 2.05) is 0 Å². The molecular formula is C12H11F3N2O4. The number of alkyl halides is 3. The van der Waals surface area contributed by atoms with E-state index < -0.39 is 30.0 Å². The molecule has 21 heavy (non-hydrogen) atoms. The van der Waals surface area contributed by atoms with Crippen molar-refractivity contribution in [2.24, 2.45) is 0 Å². The lowest BCUT2D eigenvalue weighted by Crippen LogP contribution is -2.57. The van der Waals surface area contributed by atoms with Crippen molar-refractivity contribution >= 4 is 11.8 Å². The maximum absolute atomic E-state index is 12.1. The highest BCUT2D eigenvalue weighted by Crippen LogP contribution is 2.26. The molecule has 0 saturated carbocycles. The van der Waals surface area contributed by atoms with Gasteiger partial charge in [-0.2, -0.15) is 0 Å². The number of carbonyl (C=O) groups is 2. The quantitative estimate of drug-likeness (QED) is 0.652. The molecular weight excluding hydrogens is 293 g/mol. The van der Waals surface area contributed by atoms with Gasteiger partial charge in [-0.25, -0.2) is 5.48 Å². The van der Waals surface area contributed by atoms with E-state index in [1.165, 1.54) is 17.6 Å². The van der Waals surface area contributed by atoms with Crippen LogP contribution in [0.2, 0.25) is 0 Å². The van der Waals surface area contributed by atoms with Crippen molar-refractivity contribution in [2.45, 2.75) is 18.8 Å². The van der Waals surface area contributed by atoms with Crippen LogP contribution < -0.4 is 10.2 Å². The highest BCUT2D eigenvalue weighted by molar-refractivity contribution is 5.98. The number of likely N-dealkylation sites (tertiary alicyclic amines) is 1. The first-order valence-corrected chi connectivity index (χ1v) is 5.92. The van der Waals surface area contributed by atoms with Crippen LogP contribution in [0.3, 0.4) is 0 Å². The molecule has 1 aromatic rings. The van der Waals surface area contributed by atoms with Crippen molar-refractivity contribution in [3.05, 3.63) is 29.8 Å². The molecule has 0 radical (unpaired) electrons. The minimum Gasteiger partial charge on any atom is -0.406 e. The van der Waals surface area contributed by atoms with Gasteiger partial charge in [-0.05, 0) is 24.6 Å². The molecule has 0 aliphatic carbocycles. The molecule has 1 unspecified atom stereocenters. The van der Waals surface area contributed by atoms with Gasteiger partial charge in [0.2, 0.25) is 0 Å². The number of nitrogens with one attached hydrogen (secondary N) is 1. The maximum Gasteiger partial charge on any atom is 0.573 e. The lowest BCUT2D eigenvalue weighted by molar-refractivity contribution is -0.274. The molecule has 0 spiro atoms. The Labute approximate surface area is 117 Å². The third-order valence-corrected chi connectivity index (χ3v) is 3.01. The van der Waals surface area contributed by atoms with Crippen LogP contribution in [0.4, 0.5) is 13.2 Å². The SMILES string of the molecule is O=C(NO)C1CCN1C(=O)c1cccc(OC(F)(F)F)c1. The molecule has 2 N–H and O–H groups in total. The predicted molar refractivity (Wildman–Crippen MR) is 62.5 cm³/mol. The normalized spacial score (nSPS) is 17.9. The Balaban J connectivity index is 2.13. The zero-order valence-corrected chi connectivity index (χ0v) is 10.6. The van der Waals surface area contributed by atoms with E-state index in [0.29, 0.717) is 6.42 Å². The molecule has 1 aromatic carbocycles. The lowest BCUT2D eigenvalue weighted by Gasteiger charge is -2.39. The predicted octanol–water partition coefficient (Wildman–Crippen LogP) is 1.31. The van der Waals surface area contributed by atoms with Crippen molar-refractivity contribution in [1.29, 1.82) is 0 Å². The van der Waals surface area contributed by atoms with E-state index in [0.717, 1.165) is 17.0 Å². The Bertz CT molecular complexity index is 562. The summed E-state index contributed by atoms with van der Waals surface area (Å²) in [5, 5.41) is 8.53. The fourth-order valence-corrected chi connectivity index (χ4v) is 1.97. The number of hydrogen-bond donors (Lipinski definition) is 2. The summed E-state index contributed by atoms with van der Waals surface area (Å²) in [5.74, 6) is -1.86. The van der Waals surface area contributed by atoms with Crippen molar-refractivity contribution in [3.8, 4) is 5.75 Å². The molecule has 0 aromatic heterocycles. The van der Waals surface area contributed by atoms with Gasteiger partial charge in [0.1, 0.15) is 11.8 Å². The topological polar surface area (TPSA) is 78.9 Å². The number of hydroxylamine groups is 1. The van der Waals surface area contributed by atoms with E-state index in [-0.39, 0.29) is 12.1 Å². The van der Waals surface area contributed by atoms with Crippen molar-refractivity contribution in [3.63, 3.8) is 0 Å². The van der Waals surface area contributed by atoms with Crippen molar-refractivity contribution in [1.82, 2.24) is 10.4 Å². The fraction of sp³-hybridized carbons (Fsp3) is 0.333. The Morgan fingerprint density at radius 3 is 2.62 bits per heavy atom. The second-order valence-electron chi connectivity index (χ2n) is 4.35. The van der Waals surface area contributed by atoms with E-state index in [2.05, 4.69) is 4.74 Å². The second kappa shape index (κ2) is 5.60. The molecule has 1 aliphatic rings. The van der Waals surface area contributed by atoms with Crippen LogP contribution in [0.1, 0.15) is 16.8 Å². The van der Waals surface area contributed by atoms with Gasteiger partial charge in [-0.3, -0.25) is 14.8 Å². The maximum atomic E-state index is 12.1. The Kier molecular flexibility index (Phi) is 4.03. The number of benzene rings is 1. The van der Waals surface area contributed by atoms with Gasteiger partial charge < -0.3 is 9.64 Å². The fourth-order valence-electron chi connectivity index (χ4n) is 1.97. The summed E-state index contributed by atoms with van der Waals surface area (Å²) in [4.78, 5) is 24.5. The highest BCUT2D eigenvalue weighted by atomic mass is 19.4. The molecule has 0 bridgehead atoms. The first kappa shape index (κ1) is 15.1. The third-order valence-electron chi connectivity index (χ3n) is 3.01. The summed E-state index contributed by atoms with van der Waals surface area (Å²) in [6, 6.07) is 3.75. The van der Waals surface area contributed by atoms with Crippen LogP contribution in [-0.4, -0.2) is 40.9 Å². The van der Waals surface area contributed by atoms with Crippen LogP contribution in [0.5, 0.6) is 5.75 Å². The molecule has 114 valence electrons. The lowest BCUT2D eigenvalue weighted by atomic mass is 10.0. The molecule has 2 amide bonds. The monoisotopic (exact) mass is 304 g/mol. The number of nitrogens with zero attached hydrogens (tertiary/aromatic N) is 1. The number of ether oxygens (including phenoxy) is 1. The number of carbonyl (C=O) groups excluding carboxylic acids is 2. The van der Waals surface area contributed by atoms with Crippen molar-refractivity contribution in [2.75, 3.05) is 6.54 Å². The molecule has 1 saturated heterocycles. The zero-order valence-electron chi connectivity index (χ0n) is 10.6. The molecule has 2 rings (SSSR count). The summed E-state index contributed by atoms with van der Waals surface area (Å²) >= 11 is 0. The average Bonchev–Trinajstić information content (AvgIpc) is 2.35. The Hall–Kier alpha value is -2.29. The second-order valence-corrected chi connectivity index (χ2v) is 4.35. The van der Waals surface area contributed by atoms with Gasteiger partial charge in [0.15, 0.2) is 0 Å². The van der Waals surface area contributed by atoms with E-state index >= 15 is 0 Å². The third kappa shape index (κ3) is 3.43. The molecule has 1 fully saturated rings. The minimum absolute atomic E-state index is 0.0350. The van der Waals surface area contributed by atoms with Gasteiger partial charge >= 0.3 is 6.36 Å². The van der Waals surface area contributed by atoms with Gasteiger partial charge in [0.05, 0.1) is 0 Å². The largest absolute Gasteiger partial charge is 0.573 e. The Morgan fingerprint density at radius 2 is 2.10 bits per heavy atom. The number of halogens is 3. The minimum atomic E-state index is -4.85. The first-order valence-electron chi connectivity index (χ1n) is 5.92. The van der Waals surface area contributed by atoms with Crippen LogP contribution in [0.15, 0.2) is 24.3 Å². The molecule has 1 atom stereocenters. The summed E-state index contributed by atoms with van der Waals surface area (Å²) in [5.41, 5.74) is 1.40. The summed E-state index contributed by atoms with van der Waals surface area (Å²) in [6.45, 7) is 0.279. The van der Waals surface area contributed by atoms with Gasteiger partial charge in [-0.15, -0.1) is 13.2 Å². The first-order chi connectivity index (χ1) is 9.81. The number of hydrogen-bond acceptors (Lipinski definition) is 4. The van der Waals surface area contributed by atoms with E-state index in [4.69, 9.17) is 5.21 Å². The molecule has 1 heterocycles. The smallest absolute Gasteiger partial charge is 0.406 e. The molecule has 6 nitrogen and oxygen atoms in total. The zero-order chi connectivity index (χ0) is 15.6. The van der Waals surface area contributed by atoms with Crippen LogP contribution in [0.25, 0.3) is 0 Å². The van der Waals surface area contributed by atoms with Gasteiger partial charge in [0.25, 0.3) is 11.8 Å². The average molecular weight is 304 g/mol. The summed E-state index contributed by atoms with van der Waals surface area (Å²) < 4.78 is 40.1. The van der Waals surface area contributed by atoms with E-state index in [9.17, 15) is 22.8 Å². The van der Waals surface area contributed by atoms with E-state index in [1.54, 1.807) is 0 Å². The standard InChI is InChI=1S/C12H11F3N2O4/c13-12(14,15)21-8-3-1-2-7(6-8)11(19)17-5-4-9(17)10(18)16-20/h1-3,6,9,20H,4-5H2,(H,16,18). The number of rotatable bonds is 3. The molecule has 1 aliphatic heterocycles. The van der Waals surface area contributed by atoms with Crippen LogP contribution in [0, 0.1) is 0 Å². The van der Waals surface area contributed by atoms with Crippen LogP contribution >= 0.6 is 0 Å². The summed E-state index contributed by atoms with van der Waals surface area (Å²) in [6.07, 6.45) is -4.48. The van der Waals surface area contributed by atoms with Gasteiger partial charge in [-0.1, -0.05) is 6.07 Å². The summed E-state index contributed by atoms with van der Waals surface area (Å²) in [7, 11) is 0. The molecule has 9 heteroatoms. The Morgan fingerprint density at radius 1 is 1.38 bits per heavy atom. The van der Waals surface area contributed by atoms with Crippen LogP contribution in [-0.2, 0) is 4.79 Å². The number of amides is 2. The van der Waals surface area contributed by atoms with Crippen molar-refractivity contribution < 1.29 is 32.7 Å².